The topological polar surface area (TPSA) is 204 Å². The number of nitrogens with one attached hydrogen (secondary N) is 1. The average Bonchev–Trinajstić information content (AvgIpc) is 3.91. The lowest BCUT2D eigenvalue weighted by Gasteiger charge is -2.29. The van der Waals surface area contributed by atoms with Gasteiger partial charge in [0, 0.05) is 37.8 Å². The SMILES string of the molecule is CC(C)=CC1C(C(=O)OCN2C(=O)C3=C(CCCC3)C2=O)C1(C)C.CCOP(=S)(OCC)SC(CCl)N1C(=O)c2ccccc2C1=O.COP(=S)(OC)SCN1C(=O)c2ccccc2C1=O.c1cn[nH]c1. The van der Waals surface area contributed by atoms with E-state index < -0.39 is 16.8 Å². The van der Waals surface area contributed by atoms with Crippen LogP contribution >= 0.6 is 45.8 Å². The summed E-state index contributed by atoms with van der Waals surface area (Å²) in [5.74, 6) is -2.08. The summed E-state index contributed by atoms with van der Waals surface area (Å²) in [5.41, 5.74) is -1.25. The largest absolute Gasteiger partial charge is 0.443 e. The van der Waals surface area contributed by atoms with Crippen LogP contribution in [0.25, 0.3) is 0 Å². The minimum atomic E-state index is -2.67. The molecule has 2 aliphatic carbocycles. The van der Waals surface area contributed by atoms with Gasteiger partial charge in [0.05, 0.1) is 53.1 Å². The highest BCUT2D eigenvalue weighted by molar-refractivity contribution is 8.68. The third-order valence-electron chi connectivity index (χ3n) is 11.6. The van der Waals surface area contributed by atoms with Crippen molar-refractivity contribution >= 4 is 111 Å². The van der Waals surface area contributed by atoms with Gasteiger partial charge in [0.15, 0.2) is 6.73 Å². The van der Waals surface area contributed by atoms with E-state index in [1.807, 2.05) is 47.6 Å². The molecule has 1 N–H and O–H groups in total. The number of nitrogens with zero attached hydrogens (tertiary/aromatic N) is 4. The molecule has 0 spiro atoms. The van der Waals surface area contributed by atoms with Crippen LogP contribution in [0.5, 0.6) is 0 Å². The molecule has 3 unspecified atom stereocenters. The fourth-order valence-electron chi connectivity index (χ4n) is 7.99. The van der Waals surface area contributed by atoms with E-state index in [0.29, 0.717) is 59.5 Å². The Balaban J connectivity index is 0.000000189. The molecule has 384 valence electrons. The number of ether oxygens (including phenoxy) is 1. The second kappa shape index (κ2) is 25.9. The van der Waals surface area contributed by atoms with E-state index in [2.05, 4.69) is 16.3 Å². The molecule has 3 aromatic rings. The molecule has 1 fully saturated rings. The summed E-state index contributed by atoms with van der Waals surface area (Å²) in [5, 5.41) is 5.58. The lowest BCUT2D eigenvalue weighted by molar-refractivity contribution is -0.156. The first-order chi connectivity index (χ1) is 33.7. The number of rotatable bonds is 17. The normalized spacial score (nSPS) is 19.1. The predicted octanol–water partition coefficient (Wildman–Crippen LogP) is 9.74. The first-order valence-electron chi connectivity index (χ1n) is 22.5. The fourth-order valence-corrected chi connectivity index (χ4v) is 16.6. The third-order valence-corrected chi connectivity index (χ3v) is 23.3. The molecule has 3 atom stereocenters. The van der Waals surface area contributed by atoms with E-state index in [9.17, 15) is 33.6 Å². The van der Waals surface area contributed by atoms with Crippen molar-refractivity contribution in [3.8, 4) is 0 Å². The molecule has 8 rings (SSSR count). The van der Waals surface area contributed by atoms with Crippen LogP contribution < -0.4 is 0 Å². The van der Waals surface area contributed by atoms with Gasteiger partial charge in [0.1, 0.15) is 5.37 Å². The van der Waals surface area contributed by atoms with Gasteiger partial charge in [-0.2, -0.15) is 5.10 Å². The summed E-state index contributed by atoms with van der Waals surface area (Å²) in [6.07, 6.45) is 8.74. The number of imide groups is 3. The zero-order valence-electron chi connectivity index (χ0n) is 40.6. The third kappa shape index (κ3) is 13.9. The van der Waals surface area contributed by atoms with Gasteiger partial charge in [-0.25, -0.2) is 4.90 Å². The highest BCUT2D eigenvalue weighted by Crippen LogP contribution is 2.64. The number of alkyl halides is 1. The standard InChI is InChI=1S/C19H25NO4.C14H17ClNO4PS2.C11H12NO4PS2.C3H4N2/c1-11(2)9-14-15(19(14,3)4)18(23)24-10-20-16(21)12-7-5-6-8-13(12)17(20)22;1-3-19-21(22,20-4-2)23-12(9-15)16-13(17)10-7-5-6-8-11(10)14(16)18;1-15-17(18,16-2)19-7-12-10(13)8-5-3-4-6-9(8)11(12)14;1-2-4-5-3-1/h9,14-15H,5-8,10H2,1-4H3;5-8,12H,3-4,9H2,1-2H3;3-6H,7H2,1-2H3;1-3H,(H,4,5). The lowest BCUT2D eigenvalue weighted by atomic mass is 9.93. The van der Waals surface area contributed by atoms with Crippen molar-refractivity contribution in [2.45, 2.75) is 72.6 Å². The number of hydrogen-bond acceptors (Lipinski definition) is 17. The first kappa shape index (κ1) is 58.0. The smallest absolute Gasteiger partial charge is 0.311 e. The highest BCUT2D eigenvalue weighted by Gasteiger charge is 2.61. The van der Waals surface area contributed by atoms with Crippen LogP contribution in [-0.4, -0.2) is 118 Å². The van der Waals surface area contributed by atoms with Crippen LogP contribution in [0.15, 0.2) is 89.8 Å². The quantitative estimate of drug-likeness (QED) is 0.0439. The monoisotopic (exact) mass is 1110 g/mol. The molecule has 4 heterocycles. The molecule has 3 aliphatic heterocycles. The van der Waals surface area contributed by atoms with Crippen molar-refractivity contribution in [2.24, 2.45) is 17.3 Å². The number of carbonyl (C=O) groups excluding carboxylic acids is 7. The Morgan fingerprint density at radius 3 is 1.69 bits per heavy atom. The molecular formula is C47H58ClN5O12P2S4. The lowest BCUT2D eigenvalue weighted by Crippen LogP contribution is -2.39. The van der Waals surface area contributed by atoms with E-state index in [0.717, 1.165) is 50.3 Å². The summed E-state index contributed by atoms with van der Waals surface area (Å²) in [6, 6.07) is 15.3. The highest BCUT2D eigenvalue weighted by atomic mass is 35.5. The minimum Gasteiger partial charge on any atom is -0.443 e. The second-order valence-electron chi connectivity index (χ2n) is 16.8. The van der Waals surface area contributed by atoms with E-state index in [-0.39, 0.29) is 77.2 Å². The van der Waals surface area contributed by atoms with E-state index in [1.54, 1.807) is 60.9 Å². The van der Waals surface area contributed by atoms with Crippen LogP contribution in [0.1, 0.15) is 109 Å². The van der Waals surface area contributed by atoms with Crippen LogP contribution in [-0.2, 0) is 60.8 Å². The molecular weight excluding hydrogens is 1050 g/mol. The van der Waals surface area contributed by atoms with Crippen molar-refractivity contribution < 1.29 is 56.4 Å². The van der Waals surface area contributed by atoms with Gasteiger partial charge in [0.25, 0.3) is 35.4 Å². The number of benzene rings is 2. The number of hydrogen-bond donors (Lipinski definition) is 1. The maximum Gasteiger partial charge on any atom is 0.311 e. The van der Waals surface area contributed by atoms with Crippen LogP contribution in [0.2, 0.25) is 0 Å². The molecule has 1 saturated carbocycles. The maximum absolute atomic E-state index is 12.5. The Labute approximate surface area is 437 Å². The summed E-state index contributed by atoms with van der Waals surface area (Å²) < 4.78 is 26.7. The summed E-state index contributed by atoms with van der Waals surface area (Å²) >= 11 is 19.0. The van der Waals surface area contributed by atoms with E-state index >= 15 is 0 Å². The van der Waals surface area contributed by atoms with Gasteiger partial charge in [-0.05, 0) is 141 Å². The number of esters is 1. The van der Waals surface area contributed by atoms with Gasteiger partial charge in [-0.15, -0.1) is 11.6 Å². The van der Waals surface area contributed by atoms with Crippen molar-refractivity contribution in [2.75, 3.05) is 45.9 Å². The molecule has 2 aromatic carbocycles. The van der Waals surface area contributed by atoms with Crippen LogP contribution in [0.3, 0.4) is 0 Å². The predicted molar refractivity (Wildman–Crippen MR) is 281 cm³/mol. The average molecular weight is 1110 g/mol. The molecule has 0 radical (unpaired) electrons. The molecule has 5 aliphatic rings. The maximum atomic E-state index is 12.5. The number of allylic oxidation sites excluding steroid dienone is 2. The zero-order valence-corrected chi connectivity index (χ0v) is 46.4. The number of aromatic amines is 1. The summed E-state index contributed by atoms with van der Waals surface area (Å²) in [7, 11) is 2.92. The van der Waals surface area contributed by atoms with Gasteiger partial charge in [-0.3, -0.25) is 48.5 Å². The number of amides is 6. The van der Waals surface area contributed by atoms with Gasteiger partial charge >= 0.3 is 5.97 Å². The molecule has 0 bridgehead atoms. The number of aromatic nitrogens is 2. The van der Waals surface area contributed by atoms with Crippen molar-refractivity contribution in [1.29, 1.82) is 0 Å². The molecule has 1 aromatic heterocycles. The Hall–Kier alpha value is -3.85. The summed E-state index contributed by atoms with van der Waals surface area (Å²) in [6.45, 7) is 12.2. The van der Waals surface area contributed by atoms with Gasteiger partial charge < -0.3 is 22.8 Å². The van der Waals surface area contributed by atoms with E-state index in [1.165, 1.54) is 19.8 Å². The Bertz CT molecular complexity index is 2510. The van der Waals surface area contributed by atoms with Gasteiger partial charge in [0.2, 0.25) is 11.4 Å². The summed E-state index contributed by atoms with van der Waals surface area (Å²) in [4.78, 5) is 89.7. The van der Waals surface area contributed by atoms with Crippen molar-refractivity contribution in [3.63, 3.8) is 0 Å². The Morgan fingerprint density at radius 2 is 1.30 bits per heavy atom. The van der Waals surface area contributed by atoms with E-state index in [4.69, 9.17) is 58.0 Å². The minimum absolute atomic E-state index is 0.0503. The number of carbonyl (C=O) groups is 7. The van der Waals surface area contributed by atoms with Gasteiger partial charge in [-0.1, -0.05) is 49.8 Å². The van der Waals surface area contributed by atoms with Crippen molar-refractivity contribution in [3.05, 3.63) is 112 Å². The first-order valence-corrected chi connectivity index (χ1v) is 31.4. The molecule has 17 nitrogen and oxygen atoms in total. The zero-order chi connectivity index (χ0) is 52.3. The number of halogens is 1. The molecule has 6 amide bonds. The van der Waals surface area contributed by atoms with Crippen LogP contribution in [0.4, 0.5) is 0 Å². The van der Waals surface area contributed by atoms with Crippen molar-refractivity contribution in [1.82, 2.24) is 24.9 Å². The number of fused-ring (bicyclic) bond motifs is 2. The fraction of sp³-hybridized carbons (Fsp3) is 0.447. The molecule has 24 heteroatoms. The molecule has 0 saturated heterocycles. The Kier molecular flexibility index (Phi) is 21.2. The number of H-pyrrole nitrogens is 1. The Morgan fingerprint density at radius 1 is 0.803 bits per heavy atom. The van der Waals surface area contributed by atoms with Crippen LogP contribution in [0, 0.1) is 17.3 Å². The molecule has 71 heavy (non-hydrogen) atoms. The second-order valence-corrected chi connectivity index (χ2v) is 30.0.